The van der Waals surface area contributed by atoms with Gasteiger partial charge in [-0.3, -0.25) is 0 Å². The molecule has 0 spiro atoms. The van der Waals surface area contributed by atoms with Crippen LogP contribution < -0.4 is 0 Å². The Balaban J connectivity index is 0.0000000939. The predicted octanol–water partition coefficient (Wildman–Crippen LogP) is 39.2. The highest BCUT2D eigenvalue weighted by molar-refractivity contribution is 6.24. The second kappa shape index (κ2) is 33.9. The summed E-state index contributed by atoms with van der Waals surface area (Å²) in [6.45, 7) is 0. The van der Waals surface area contributed by atoms with Gasteiger partial charge in [0.2, 0.25) is 0 Å². The fourth-order valence-corrected chi connectivity index (χ4v) is 22.3. The molecule has 140 heavy (non-hydrogen) atoms. The SMILES string of the molecule is c1cc(-c2cc3ccccc3c3ccccc23)cc(-c2cccc3c2oc2ccccc23)c1.c1ccc(-c2cccc3c2oc2ccccc23)c(-c2cc3ccccc3c3ccccc23)c1.c1ccc2c(c1)cc(-c1ccc(-c3cccc4c3oc3ccccc34)c3ccccc13)c1ccccc12.c1ccc2c(c1)cc(-c1cccc3c(-c4cccc5c4oc4ccccc45)cccc13)c1ccccc12. The zero-order valence-corrected chi connectivity index (χ0v) is 76.1. The average molecular weight is 1780 g/mol. The Morgan fingerprint density at radius 1 is 0.0929 bits per heavy atom. The number of benzene rings is 26. The highest BCUT2D eigenvalue weighted by atomic mass is 16.3. The minimum Gasteiger partial charge on any atom is -0.455 e. The first kappa shape index (κ1) is 81.1. The van der Waals surface area contributed by atoms with Gasteiger partial charge in [-0.25, -0.2) is 0 Å². The fourth-order valence-electron chi connectivity index (χ4n) is 22.3. The summed E-state index contributed by atoms with van der Waals surface area (Å²) in [7, 11) is 0. The lowest BCUT2D eigenvalue weighted by Gasteiger charge is -2.15. The minimum atomic E-state index is 0.925. The first-order valence-electron chi connectivity index (χ1n) is 48.0. The van der Waals surface area contributed by atoms with Crippen molar-refractivity contribution in [2.24, 2.45) is 0 Å². The zero-order chi connectivity index (χ0) is 92.2. The van der Waals surface area contributed by atoms with Crippen molar-refractivity contribution in [3.63, 3.8) is 0 Å². The molecule has 0 saturated heterocycles. The van der Waals surface area contributed by atoms with E-state index in [1.54, 1.807) is 0 Å². The summed E-state index contributed by atoms with van der Waals surface area (Å²) < 4.78 is 25.5. The molecule has 0 unspecified atom stereocenters. The van der Waals surface area contributed by atoms with E-state index in [2.05, 4.69) is 461 Å². The van der Waals surface area contributed by atoms with Crippen molar-refractivity contribution in [2.45, 2.75) is 0 Å². The van der Waals surface area contributed by atoms with Gasteiger partial charge in [0, 0.05) is 65.3 Å². The quantitative estimate of drug-likeness (QED) is 0.142. The van der Waals surface area contributed by atoms with Crippen LogP contribution in [0.2, 0.25) is 0 Å². The third-order valence-corrected chi connectivity index (χ3v) is 28.7. The maximum absolute atomic E-state index is 6.41. The normalized spacial score (nSPS) is 11.7. The number of hydrogen-bond acceptors (Lipinski definition) is 4. The molecule has 4 nitrogen and oxygen atoms in total. The van der Waals surface area contributed by atoms with Crippen LogP contribution in [0.25, 0.3) is 284 Å². The van der Waals surface area contributed by atoms with Crippen molar-refractivity contribution in [3.8, 4) is 89.0 Å². The van der Waals surface area contributed by atoms with Crippen LogP contribution in [0.4, 0.5) is 0 Å². The van der Waals surface area contributed by atoms with Gasteiger partial charge in [0.1, 0.15) is 44.7 Å². The van der Waals surface area contributed by atoms with E-state index in [9.17, 15) is 0 Å². The van der Waals surface area contributed by atoms with Gasteiger partial charge >= 0.3 is 0 Å². The second-order valence-electron chi connectivity index (χ2n) is 36.4. The van der Waals surface area contributed by atoms with Crippen molar-refractivity contribution in [2.75, 3.05) is 0 Å². The monoisotopic (exact) mass is 1780 g/mol. The van der Waals surface area contributed by atoms with Crippen molar-refractivity contribution < 1.29 is 17.7 Å². The minimum absolute atomic E-state index is 0.925. The summed E-state index contributed by atoms with van der Waals surface area (Å²) in [5.41, 5.74) is 26.6. The van der Waals surface area contributed by atoms with E-state index in [4.69, 9.17) is 17.7 Å². The van der Waals surface area contributed by atoms with Gasteiger partial charge in [0.05, 0.1) is 0 Å². The molecule has 0 aliphatic heterocycles. The first-order valence-corrected chi connectivity index (χ1v) is 48.0. The first-order chi connectivity index (χ1) is 69.5. The summed E-state index contributed by atoms with van der Waals surface area (Å²) in [5.74, 6) is 0. The van der Waals surface area contributed by atoms with E-state index >= 15 is 0 Å². The lowest BCUT2D eigenvalue weighted by molar-refractivity contribution is 0.669. The molecule has 0 saturated carbocycles. The molecule has 4 aromatic heterocycles. The molecule has 0 aliphatic carbocycles. The maximum atomic E-state index is 6.41. The Morgan fingerprint density at radius 3 is 0.629 bits per heavy atom. The highest BCUT2D eigenvalue weighted by Gasteiger charge is 2.24. The average Bonchev–Trinajstić information content (AvgIpc) is 1.48. The van der Waals surface area contributed by atoms with Crippen molar-refractivity contribution in [1.29, 1.82) is 0 Å². The van der Waals surface area contributed by atoms with Gasteiger partial charge in [-0.1, -0.05) is 455 Å². The van der Waals surface area contributed by atoms with Gasteiger partial charge in [-0.2, -0.15) is 0 Å². The van der Waals surface area contributed by atoms with E-state index in [1.165, 1.54) is 169 Å². The van der Waals surface area contributed by atoms with Crippen LogP contribution in [0.15, 0.2) is 527 Å². The van der Waals surface area contributed by atoms with Crippen LogP contribution in [-0.4, -0.2) is 0 Å². The van der Waals surface area contributed by atoms with Crippen LogP contribution in [0.5, 0.6) is 0 Å². The standard InChI is InChI=1S/2C36H22O.2C32H20O/c1-2-11-24-23(10-1)22-34(28-15-6-3-12-25(24)28)30-21-20-29(26-13-4-5-14-27(26)30)32-17-9-18-33-31-16-7-8-19-35(31)37-36(32)33;1-2-11-24-23(10-1)22-34(29-13-4-3-12-25(24)29)30-18-8-15-26-27(30)16-7-17-28(26)32-19-9-20-33-31-14-5-6-21-35(31)37-36(32)33;1-2-11-22-21(10-1)20-30(25-14-5-3-12-23(22)25)26-15-6-4-13-24(26)28-17-9-18-29-27-16-7-8-19-31(27)33-32(28)29;1-2-12-24-23(9-1)20-30(27-14-4-3-13-26(24)27)22-11-7-10-21(19-22)25-16-8-17-29-28-15-5-6-18-31(28)33-32(25)29/h2*1-22H;2*1-20H. The smallest absolute Gasteiger partial charge is 0.143 e. The van der Waals surface area contributed by atoms with Crippen LogP contribution in [0, 0.1) is 0 Å². The van der Waals surface area contributed by atoms with Crippen molar-refractivity contribution >= 4 is 195 Å². The van der Waals surface area contributed by atoms with E-state index in [0.717, 1.165) is 116 Å². The van der Waals surface area contributed by atoms with Crippen LogP contribution in [0.3, 0.4) is 0 Å². The molecule has 4 heteroatoms. The summed E-state index contributed by atoms with van der Waals surface area (Å²) in [6.07, 6.45) is 0. The fraction of sp³-hybridized carbons (Fsp3) is 0. The number of furan rings is 4. The molecule has 4 heterocycles. The van der Waals surface area contributed by atoms with Gasteiger partial charge in [-0.15, -0.1) is 0 Å². The molecule has 30 rings (SSSR count). The predicted molar refractivity (Wildman–Crippen MR) is 593 cm³/mol. The van der Waals surface area contributed by atoms with Gasteiger partial charge in [0.15, 0.2) is 0 Å². The lowest BCUT2D eigenvalue weighted by atomic mass is 9.88. The molecule has 0 aliphatic rings. The third-order valence-electron chi connectivity index (χ3n) is 28.7. The van der Waals surface area contributed by atoms with Crippen LogP contribution in [-0.2, 0) is 0 Å². The van der Waals surface area contributed by atoms with E-state index in [1.807, 2.05) is 48.5 Å². The second-order valence-corrected chi connectivity index (χ2v) is 36.4. The Hall–Kier alpha value is -18.5. The van der Waals surface area contributed by atoms with Gasteiger partial charge in [-0.05, 0) is 229 Å². The van der Waals surface area contributed by atoms with Crippen molar-refractivity contribution in [1.82, 2.24) is 0 Å². The summed E-state index contributed by atoms with van der Waals surface area (Å²) >= 11 is 0. The molecule has 0 N–H and O–H groups in total. The Bertz CT molecular complexity index is 10000. The number of hydrogen-bond donors (Lipinski definition) is 0. The maximum Gasteiger partial charge on any atom is 0.143 e. The number of rotatable bonds is 8. The van der Waals surface area contributed by atoms with E-state index in [0.29, 0.717) is 0 Å². The van der Waals surface area contributed by atoms with Gasteiger partial charge in [0.25, 0.3) is 0 Å². The Kier molecular flexibility index (Phi) is 19.6. The van der Waals surface area contributed by atoms with Crippen LogP contribution in [0.1, 0.15) is 0 Å². The zero-order valence-electron chi connectivity index (χ0n) is 76.1. The molecule has 0 amide bonds. The Labute approximate surface area is 806 Å². The third kappa shape index (κ3) is 13.7. The molecule has 0 radical (unpaired) electrons. The van der Waals surface area contributed by atoms with Gasteiger partial charge < -0.3 is 17.7 Å². The lowest BCUT2D eigenvalue weighted by Crippen LogP contribution is -1.89. The largest absolute Gasteiger partial charge is 0.455 e. The molecule has 30 aromatic rings. The molecule has 0 atom stereocenters. The summed E-state index contributed by atoms with van der Waals surface area (Å²) in [4.78, 5) is 0. The molecular formula is C136H84O4. The van der Waals surface area contributed by atoms with E-state index in [-0.39, 0.29) is 0 Å². The molecule has 0 bridgehead atoms. The van der Waals surface area contributed by atoms with Crippen LogP contribution >= 0.6 is 0 Å². The number of fused-ring (bicyclic) bond motifs is 26. The number of para-hydroxylation sites is 8. The van der Waals surface area contributed by atoms with Crippen molar-refractivity contribution in [3.05, 3.63) is 510 Å². The molecule has 0 fully saturated rings. The summed E-state index contributed by atoms with van der Waals surface area (Å²) in [5, 5.41) is 34.6. The highest BCUT2D eigenvalue weighted by Crippen LogP contribution is 2.50. The molecule has 26 aromatic carbocycles. The molecular weight excluding hydrogens is 1700 g/mol. The van der Waals surface area contributed by atoms with E-state index < -0.39 is 0 Å². The summed E-state index contributed by atoms with van der Waals surface area (Å²) in [6, 6.07) is 182. The molecule has 652 valence electrons. The topological polar surface area (TPSA) is 52.6 Å². The Morgan fingerprint density at radius 2 is 0.279 bits per heavy atom.